The Labute approximate surface area is 110 Å². The van der Waals surface area contributed by atoms with Crippen molar-refractivity contribution in [1.29, 1.82) is 0 Å². The molecule has 1 aliphatic rings. The number of likely N-dealkylation sites (N-methyl/N-ethyl adjacent to an activating group) is 1. The number of carbonyl (C=O) groups excluding carboxylic acids is 4. The van der Waals surface area contributed by atoms with Crippen LogP contribution in [0, 0.1) is 0 Å². The van der Waals surface area contributed by atoms with Gasteiger partial charge in [0.05, 0.1) is 39.8 Å². The molecule has 2 amide bonds. The van der Waals surface area contributed by atoms with E-state index in [-0.39, 0.29) is 25.4 Å². The van der Waals surface area contributed by atoms with Crippen molar-refractivity contribution in [3.8, 4) is 0 Å². The topological polar surface area (TPSA) is 93.2 Å². The molecule has 0 radical (unpaired) electrons. The lowest BCUT2D eigenvalue weighted by Gasteiger charge is -2.24. The molecule has 106 valence electrons. The Kier molecular flexibility index (Phi) is 4.99. The number of imide groups is 1. The number of esters is 2. The fourth-order valence-corrected chi connectivity index (χ4v) is 1.76. The van der Waals surface area contributed by atoms with Gasteiger partial charge in [-0.1, -0.05) is 0 Å². The predicted molar refractivity (Wildman–Crippen MR) is 61.8 cm³/mol. The van der Waals surface area contributed by atoms with Crippen LogP contribution < -0.4 is 0 Å². The van der Waals surface area contributed by atoms with Crippen molar-refractivity contribution in [3.05, 3.63) is 0 Å². The summed E-state index contributed by atoms with van der Waals surface area (Å²) >= 11 is 0. The third kappa shape index (κ3) is 3.50. The maximum Gasteiger partial charge on any atom is 0.319 e. The van der Waals surface area contributed by atoms with Crippen LogP contribution in [-0.2, 0) is 28.7 Å². The van der Waals surface area contributed by atoms with E-state index in [2.05, 4.69) is 9.47 Å². The van der Waals surface area contributed by atoms with Gasteiger partial charge in [-0.3, -0.25) is 29.0 Å². The number of ether oxygens (including phenoxy) is 2. The van der Waals surface area contributed by atoms with E-state index in [1.165, 1.54) is 26.2 Å². The summed E-state index contributed by atoms with van der Waals surface area (Å²) in [6.45, 7) is -0.522. The predicted octanol–water partition coefficient (Wildman–Crippen LogP) is -1.61. The zero-order chi connectivity index (χ0) is 14.6. The van der Waals surface area contributed by atoms with Crippen LogP contribution in [0.15, 0.2) is 0 Å². The summed E-state index contributed by atoms with van der Waals surface area (Å²) in [5, 5.41) is 0. The first kappa shape index (κ1) is 15.1. The van der Waals surface area contributed by atoms with Crippen LogP contribution in [0.1, 0.15) is 6.42 Å². The zero-order valence-electron chi connectivity index (χ0n) is 11.0. The van der Waals surface area contributed by atoms with Crippen LogP contribution in [0.5, 0.6) is 0 Å². The van der Waals surface area contributed by atoms with E-state index in [0.717, 1.165) is 4.90 Å². The molecule has 8 heteroatoms. The quantitative estimate of drug-likeness (QED) is 0.439. The van der Waals surface area contributed by atoms with Gasteiger partial charge in [0.2, 0.25) is 11.8 Å². The molecule has 1 aliphatic heterocycles. The normalized spacial score (nSPS) is 18.9. The standard InChI is InChI=1S/C11H16N2O6/c1-12-8(14)4-7(11(12)17)13(5-9(15)18-2)6-10(16)19-3/h7H,4-6H2,1-3H3. The molecule has 0 aromatic heterocycles. The molecule has 1 saturated heterocycles. The Morgan fingerprint density at radius 1 is 1.21 bits per heavy atom. The molecule has 19 heavy (non-hydrogen) atoms. The lowest BCUT2D eigenvalue weighted by Crippen LogP contribution is -2.46. The lowest BCUT2D eigenvalue weighted by atomic mass is 10.2. The van der Waals surface area contributed by atoms with Crippen molar-refractivity contribution in [3.63, 3.8) is 0 Å². The lowest BCUT2D eigenvalue weighted by molar-refractivity contribution is -0.147. The van der Waals surface area contributed by atoms with Crippen LogP contribution in [0.25, 0.3) is 0 Å². The Bertz CT molecular complexity index is 390. The largest absolute Gasteiger partial charge is 0.468 e. The number of hydrogen-bond acceptors (Lipinski definition) is 7. The van der Waals surface area contributed by atoms with Crippen molar-refractivity contribution in [2.75, 3.05) is 34.4 Å². The van der Waals surface area contributed by atoms with Crippen LogP contribution in [0.3, 0.4) is 0 Å². The molecule has 1 rings (SSSR count). The average molecular weight is 272 g/mol. The molecule has 0 N–H and O–H groups in total. The SMILES string of the molecule is COC(=O)CN(CC(=O)OC)C1CC(=O)N(C)C1=O. The van der Waals surface area contributed by atoms with Crippen LogP contribution in [-0.4, -0.2) is 74.0 Å². The Morgan fingerprint density at radius 2 is 1.68 bits per heavy atom. The Balaban J connectivity index is 2.84. The fraction of sp³-hybridized carbons (Fsp3) is 0.636. The minimum Gasteiger partial charge on any atom is -0.468 e. The minimum atomic E-state index is -0.837. The summed E-state index contributed by atoms with van der Waals surface area (Å²) in [6, 6.07) is -0.837. The Hall–Kier alpha value is -1.96. The third-order valence-corrected chi connectivity index (χ3v) is 2.92. The molecule has 1 unspecified atom stereocenters. The number of hydrogen-bond donors (Lipinski definition) is 0. The molecule has 0 aromatic carbocycles. The monoisotopic (exact) mass is 272 g/mol. The summed E-state index contributed by atoms with van der Waals surface area (Å²) < 4.78 is 9.00. The van der Waals surface area contributed by atoms with Crippen LogP contribution in [0.2, 0.25) is 0 Å². The highest BCUT2D eigenvalue weighted by Crippen LogP contribution is 2.17. The van der Waals surface area contributed by atoms with Gasteiger partial charge in [-0.15, -0.1) is 0 Å². The molecule has 0 saturated carbocycles. The average Bonchev–Trinajstić information content (AvgIpc) is 2.65. The van der Waals surface area contributed by atoms with E-state index < -0.39 is 23.9 Å². The van der Waals surface area contributed by atoms with Gasteiger partial charge < -0.3 is 9.47 Å². The molecule has 0 bridgehead atoms. The van der Waals surface area contributed by atoms with Crippen LogP contribution in [0.4, 0.5) is 0 Å². The summed E-state index contributed by atoms with van der Waals surface area (Å²) in [5.74, 6) is -2.00. The smallest absolute Gasteiger partial charge is 0.319 e. The number of likely N-dealkylation sites (tertiary alicyclic amines) is 1. The Morgan fingerprint density at radius 3 is 2.00 bits per heavy atom. The molecule has 1 heterocycles. The van der Waals surface area contributed by atoms with Crippen LogP contribution >= 0.6 is 0 Å². The summed E-state index contributed by atoms with van der Waals surface area (Å²) in [5.41, 5.74) is 0. The second-order valence-corrected chi connectivity index (χ2v) is 4.07. The first-order valence-corrected chi connectivity index (χ1v) is 5.58. The van der Waals surface area contributed by atoms with Gasteiger partial charge in [0.15, 0.2) is 0 Å². The van der Waals surface area contributed by atoms with Gasteiger partial charge in [-0.25, -0.2) is 0 Å². The molecule has 8 nitrogen and oxygen atoms in total. The second kappa shape index (κ2) is 6.28. The molecule has 0 aliphatic carbocycles. The molecule has 1 fully saturated rings. The second-order valence-electron chi connectivity index (χ2n) is 4.07. The highest BCUT2D eigenvalue weighted by molar-refractivity contribution is 6.05. The van der Waals surface area contributed by atoms with E-state index in [1.807, 2.05) is 0 Å². The minimum absolute atomic E-state index is 0.0661. The number of nitrogens with zero attached hydrogens (tertiary/aromatic N) is 2. The maximum atomic E-state index is 11.9. The van der Waals surface area contributed by atoms with E-state index in [4.69, 9.17) is 0 Å². The molecule has 0 aromatic rings. The molecule has 0 spiro atoms. The van der Waals surface area contributed by atoms with Gasteiger partial charge in [-0.2, -0.15) is 0 Å². The van der Waals surface area contributed by atoms with Gasteiger partial charge in [0, 0.05) is 7.05 Å². The van der Waals surface area contributed by atoms with Crippen molar-refractivity contribution < 1.29 is 28.7 Å². The maximum absolute atomic E-state index is 11.9. The number of carbonyl (C=O) groups is 4. The highest BCUT2D eigenvalue weighted by Gasteiger charge is 2.41. The number of amides is 2. The van der Waals surface area contributed by atoms with E-state index in [9.17, 15) is 19.2 Å². The summed E-state index contributed by atoms with van der Waals surface area (Å²) in [4.78, 5) is 48.2. The third-order valence-electron chi connectivity index (χ3n) is 2.92. The molecule has 1 atom stereocenters. The molecular formula is C11H16N2O6. The highest BCUT2D eigenvalue weighted by atomic mass is 16.5. The summed E-state index contributed by atoms with van der Waals surface area (Å²) in [7, 11) is 3.76. The number of rotatable bonds is 5. The molecular weight excluding hydrogens is 256 g/mol. The van der Waals surface area contributed by atoms with Gasteiger partial charge >= 0.3 is 11.9 Å². The van der Waals surface area contributed by atoms with Gasteiger partial charge in [0.1, 0.15) is 0 Å². The first-order chi connectivity index (χ1) is 8.90. The van der Waals surface area contributed by atoms with Crippen molar-refractivity contribution in [1.82, 2.24) is 9.80 Å². The van der Waals surface area contributed by atoms with Gasteiger partial charge in [-0.05, 0) is 0 Å². The zero-order valence-corrected chi connectivity index (χ0v) is 11.0. The van der Waals surface area contributed by atoms with E-state index >= 15 is 0 Å². The van der Waals surface area contributed by atoms with Crippen molar-refractivity contribution in [2.24, 2.45) is 0 Å². The van der Waals surface area contributed by atoms with E-state index in [1.54, 1.807) is 0 Å². The number of methoxy groups -OCH3 is 2. The van der Waals surface area contributed by atoms with E-state index in [0.29, 0.717) is 0 Å². The first-order valence-electron chi connectivity index (χ1n) is 5.58. The van der Waals surface area contributed by atoms with Crippen molar-refractivity contribution >= 4 is 23.8 Å². The fourth-order valence-electron chi connectivity index (χ4n) is 1.76. The van der Waals surface area contributed by atoms with Gasteiger partial charge in [0.25, 0.3) is 0 Å². The summed E-state index contributed by atoms with van der Waals surface area (Å²) in [6.07, 6.45) is -0.0661. The van der Waals surface area contributed by atoms with Crippen molar-refractivity contribution in [2.45, 2.75) is 12.5 Å².